The number of hydrogen-bond donors (Lipinski definition) is 1. The number of aryl methyl sites for hydroxylation is 2. The van der Waals surface area contributed by atoms with Gasteiger partial charge in [0.1, 0.15) is 12.4 Å². The molecule has 0 saturated carbocycles. The number of benzene rings is 2. The molecule has 0 radical (unpaired) electrons. The Morgan fingerprint density at radius 2 is 1.84 bits per heavy atom. The Bertz CT molecular complexity index is 1130. The number of amides is 3. The Labute approximate surface area is 190 Å². The number of nitrogens with zero attached hydrogens (tertiary/aromatic N) is 3. The van der Waals surface area contributed by atoms with Gasteiger partial charge in [0, 0.05) is 19.4 Å². The molecule has 166 valence electrons. The van der Waals surface area contributed by atoms with Gasteiger partial charge in [-0.3, -0.25) is 14.4 Å². The summed E-state index contributed by atoms with van der Waals surface area (Å²) in [5.41, 5.74) is 3.45. The van der Waals surface area contributed by atoms with E-state index in [2.05, 4.69) is 10.4 Å². The number of carbonyl (C=O) groups excluding carboxylic acids is 3. The number of amidine groups is 1. The highest BCUT2D eigenvalue weighted by Crippen LogP contribution is 2.55. The van der Waals surface area contributed by atoms with Crippen LogP contribution < -0.4 is 15.0 Å². The Hall–Kier alpha value is -3.33. The molecule has 0 aliphatic carbocycles. The van der Waals surface area contributed by atoms with E-state index in [1.54, 1.807) is 4.90 Å². The Balaban J connectivity index is 1.66. The number of fused-ring (bicyclic) bond motifs is 2. The molecular weight excluding hydrogens is 428 g/mol. The average molecular weight is 453 g/mol. The predicted molar refractivity (Wildman–Crippen MR) is 123 cm³/mol. The van der Waals surface area contributed by atoms with E-state index in [4.69, 9.17) is 4.74 Å². The van der Waals surface area contributed by atoms with Gasteiger partial charge in [-0.25, -0.2) is 0 Å². The van der Waals surface area contributed by atoms with Crippen molar-refractivity contribution in [3.63, 3.8) is 0 Å². The fraction of sp³-hybridized carbons (Fsp3) is 0.304. The number of anilines is 1. The Morgan fingerprint density at radius 1 is 1.12 bits per heavy atom. The summed E-state index contributed by atoms with van der Waals surface area (Å²) < 4.78 is 5.86. The minimum absolute atomic E-state index is 0.214. The van der Waals surface area contributed by atoms with Crippen molar-refractivity contribution in [2.75, 3.05) is 18.1 Å². The summed E-state index contributed by atoms with van der Waals surface area (Å²) in [6.07, 6.45) is 0. The lowest BCUT2D eigenvalue weighted by Crippen LogP contribution is -2.49. The van der Waals surface area contributed by atoms with Gasteiger partial charge in [0.05, 0.1) is 12.2 Å². The normalized spacial score (nSPS) is 19.2. The second-order valence-electron chi connectivity index (χ2n) is 7.75. The summed E-state index contributed by atoms with van der Waals surface area (Å²) in [4.78, 5) is 38.2. The number of hydrogen-bond acceptors (Lipinski definition) is 6. The summed E-state index contributed by atoms with van der Waals surface area (Å²) >= 11 is 1.07. The van der Waals surface area contributed by atoms with E-state index in [9.17, 15) is 14.4 Å². The molecule has 0 unspecified atom stereocenters. The van der Waals surface area contributed by atoms with Gasteiger partial charge in [0.25, 0.3) is 5.91 Å². The Kier molecular flexibility index (Phi) is 5.68. The molecule has 0 aromatic heterocycles. The van der Waals surface area contributed by atoms with Gasteiger partial charge in [0.2, 0.25) is 16.7 Å². The first-order chi connectivity index (χ1) is 15.2. The standard InChI is InChI=1S/C23H24N4O4S/c1-14-8-10-18(11-9-14)31-13-12-26-20-15(2)6-5-7-19(20)23(21(26)30)27(17(4)29)25-22(32-23)24-16(3)28/h5-11H,12-13H2,1-4H3,(H,24,25,28)/t23-/m1/s1. The van der Waals surface area contributed by atoms with Gasteiger partial charge in [-0.1, -0.05) is 35.9 Å². The zero-order chi connectivity index (χ0) is 23.0. The van der Waals surface area contributed by atoms with E-state index in [0.29, 0.717) is 12.1 Å². The van der Waals surface area contributed by atoms with Crippen LogP contribution in [0.25, 0.3) is 0 Å². The topological polar surface area (TPSA) is 91.3 Å². The minimum atomic E-state index is -1.39. The van der Waals surface area contributed by atoms with Gasteiger partial charge in [0.15, 0.2) is 5.17 Å². The van der Waals surface area contributed by atoms with E-state index in [-0.39, 0.29) is 23.6 Å². The fourth-order valence-corrected chi connectivity index (χ4v) is 5.28. The third kappa shape index (κ3) is 3.62. The number of thioether (sulfide) groups is 1. The van der Waals surface area contributed by atoms with Gasteiger partial charge >= 0.3 is 0 Å². The minimum Gasteiger partial charge on any atom is -0.492 e. The van der Waals surface area contributed by atoms with Crippen molar-refractivity contribution in [1.82, 2.24) is 10.3 Å². The molecule has 32 heavy (non-hydrogen) atoms. The molecule has 2 heterocycles. The van der Waals surface area contributed by atoms with E-state index in [1.807, 2.05) is 56.3 Å². The van der Waals surface area contributed by atoms with E-state index >= 15 is 0 Å². The number of carbonyl (C=O) groups is 3. The molecule has 2 aromatic carbocycles. The van der Waals surface area contributed by atoms with Crippen molar-refractivity contribution >= 4 is 40.3 Å². The third-order valence-electron chi connectivity index (χ3n) is 5.33. The molecule has 2 aromatic rings. The number of nitrogens with one attached hydrogen (secondary N) is 1. The van der Waals surface area contributed by atoms with Crippen molar-refractivity contribution in [2.24, 2.45) is 5.10 Å². The number of rotatable bonds is 4. The maximum atomic E-state index is 13.8. The van der Waals surface area contributed by atoms with Crippen molar-refractivity contribution in [3.05, 3.63) is 59.2 Å². The molecule has 4 rings (SSSR count). The molecular formula is C23H24N4O4S. The average Bonchev–Trinajstić information content (AvgIpc) is 3.22. The zero-order valence-electron chi connectivity index (χ0n) is 18.3. The van der Waals surface area contributed by atoms with Gasteiger partial charge < -0.3 is 15.0 Å². The SMILES string of the molecule is CC(=O)NC1=NN(C(C)=O)[C@]2(S1)C(=O)N(CCOc1ccc(C)cc1)c1c(C)cccc12. The van der Waals surface area contributed by atoms with Crippen LogP contribution in [-0.4, -0.2) is 41.0 Å². The van der Waals surface area contributed by atoms with Gasteiger partial charge in [-0.05, 0) is 43.3 Å². The number of hydrazone groups is 1. The summed E-state index contributed by atoms with van der Waals surface area (Å²) in [7, 11) is 0. The van der Waals surface area contributed by atoms with E-state index in [0.717, 1.165) is 34.3 Å². The largest absolute Gasteiger partial charge is 0.492 e. The molecule has 0 bridgehead atoms. The van der Waals surface area contributed by atoms with Crippen LogP contribution in [-0.2, 0) is 19.3 Å². The molecule has 1 spiro atoms. The van der Waals surface area contributed by atoms with Crippen LogP contribution in [0.15, 0.2) is 47.6 Å². The van der Waals surface area contributed by atoms with E-state index < -0.39 is 10.8 Å². The quantitative estimate of drug-likeness (QED) is 0.770. The lowest BCUT2D eigenvalue weighted by atomic mass is 10.0. The lowest BCUT2D eigenvalue weighted by molar-refractivity contribution is -0.139. The van der Waals surface area contributed by atoms with Crippen LogP contribution in [0.5, 0.6) is 5.75 Å². The Morgan fingerprint density at radius 3 is 2.50 bits per heavy atom. The van der Waals surface area contributed by atoms with Crippen molar-refractivity contribution in [3.8, 4) is 5.75 Å². The maximum Gasteiger partial charge on any atom is 0.270 e. The van der Waals surface area contributed by atoms with Crippen LogP contribution in [0.2, 0.25) is 0 Å². The van der Waals surface area contributed by atoms with Crippen molar-refractivity contribution in [2.45, 2.75) is 32.6 Å². The summed E-state index contributed by atoms with van der Waals surface area (Å²) in [6.45, 7) is 7.22. The fourth-order valence-electron chi connectivity index (χ4n) is 3.95. The molecule has 1 atom stereocenters. The third-order valence-corrected chi connectivity index (χ3v) is 6.57. The van der Waals surface area contributed by atoms with Crippen molar-refractivity contribution in [1.29, 1.82) is 0 Å². The smallest absolute Gasteiger partial charge is 0.270 e. The number of para-hydroxylation sites is 1. The second-order valence-corrected chi connectivity index (χ2v) is 8.93. The molecule has 1 N–H and O–H groups in total. The predicted octanol–water partition coefficient (Wildman–Crippen LogP) is 2.88. The summed E-state index contributed by atoms with van der Waals surface area (Å²) in [6, 6.07) is 13.3. The molecule has 9 heteroatoms. The summed E-state index contributed by atoms with van der Waals surface area (Å²) in [5, 5.41) is 8.26. The lowest BCUT2D eigenvalue weighted by Gasteiger charge is -2.29. The first-order valence-corrected chi connectivity index (χ1v) is 11.0. The van der Waals surface area contributed by atoms with Crippen molar-refractivity contribution < 1.29 is 19.1 Å². The molecule has 0 saturated heterocycles. The highest BCUT2D eigenvalue weighted by molar-refractivity contribution is 8.15. The first-order valence-electron chi connectivity index (χ1n) is 10.2. The van der Waals surface area contributed by atoms with Crippen LogP contribution in [0.3, 0.4) is 0 Å². The first kappa shape index (κ1) is 21.9. The summed E-state index contributed by atoms with van der Waals surface area (Å²) in [5.74, 6) is -0.288. The van der Waals surface area contributed by atoms with Crippen LogP contribution >= 0.6 is 11.8 Å². The van der Waals surface area contributed by atoms with Crippen LogP contribution in [0, 0.1) is 13.8 Å². The van der Waals surface area contributed by atoms with Gasteiger partial charge in [-0.2, -0.15) is 5.01 Å². The zero-order valence-corrected chi connectivity index (χ0v) is 19.2. The molecule has 2 aliphatic rings. The molecule has 8 nitrogen and oxygen atoms in total. The highest BCUT2D eigenvalue weighted by Gasteiger charge is 2.61. The molecule has 3 amide bonds. The number of ether oxygens (including phenoxy) is 1. The molecule has 0 fully saturated rings. The monoisotopic (exact) mass is 452 g/mol. The molecule has 2 aliphatic heterocycles. The highest BCUT2D eigenvalue weighted by atomic mass is 32.2. The maximum absolute atomic E-state index is 13.8. The second kappa shape index (κ2) is 8.31. The van der Waals surface area contributed by atoms with Gasteiger partial charge in [-0.15, -0.1) is 5.10 Å². The van der Waals surface area contributed by atoms with Crippen LogP contribution in [0.4, 0.5) is 5.69 Å². The van der Waals surface area contributed by atoms with E-state index in [1.165, 1.54) is 18.9 Å². The van der Waals surface area contributed by atoms with Crippen LogP contribution in [0.1, 0.15) is 30.5 Å².